The number of methoxy groups -OCH3 is 1. The van der Waals surface area contributed by atoms with Gasteiger partial charge in [0.1, 0.15) is 23.5 Å². The fourth-order valence-corrected chi connectivity index (χ4v) is 2.74. The minimum Gasteiger partial charge on any atom is -0.497 e. The van der Waals surface area contributed by atoms with E-state index in [0.717, 1.165) is 48.2 Å². The Morgan fingerprint density at radius 3 is 2.48 bits per heavy atom. The zero-order chi connectivity index (χ0) is 21.0. The first-order valence-corrected chi connectivity index (χ1v) is 10.1. The molecule has 7 nitrogen and oxygen atoms in total. The van der Waals surface area contributed by atoms with Crippen molar-refractivity contribution in [2.75, 3.05) is 26.8 Å². The van der Waals surface area contributed by atoms with E-state index >= 15 is 0 Å². The first-order valence-electron chi connectivity index (χ1n) is 10.1. The third-order valence-electron chi connectivity index (χ3n) is 4.26. The maximum absolute atomic E-state index is 5.74. The van der Waals surface area contributed by atoms with Gasteiger partial charge in [-0.1, -0.05) is 18.2 Å². The van der Waals surface area contributed by atoms with Crippen LogP contribution >= 0.6 is 24.0 Å². The minimum atomic E-state index is 0. The van der Waals surface area contributed by atoms with Gasteiger partial charge in [0.05, 0.1) is 20.3 Å². The van der Waals surface area contributed by atoms with Gasteiger partial charge in [0.25, 0.3) is 0 Å². The summed E-state index contributed by atoms with van der Waals surface area (Å²) in [5.41, 5.74) is 1.74. The lowest BCUT2D eigenvalue weighted by atomic mass is 10.2. The van der Waals surface area contributed by atoms with Gasteiger partial charge in [0.2, 0.25) is 5.89 Å². The number of hydrogen-bond donors (Lipinski definition) is 2. The molecule has 0 bridgehead atoms. The molecule has 1 heterocycles. The lowest BCUT2D eigenvalue weighted by Crippen LogP contribution is -2.38. The molecule has 3 aromatic rings. The SMILES string of the molecule is CCNC(=NCc1coc(-c2ccccc2)n1)NCCCOc1ccc(OC)cc1.I. The third kappa shape index (κ3) is 8.12. The van der Waals surface area contributed by atoms with Crippen molar-refractivity contribution in [2.45, 2.75) is 19.9 Å². The normalized spacial score (nSPS) is 10.8. The highest BCUT2D eigenvalue weighted by molar-refractivity contribution is 14.0. The maximum Gasteiger partial charge on any atom is 0.226 e. The molecule has 0 radical (unpaired) electrons. The molecule has 166 valence electrons. The van der Waals surface area contributed by atoms with Gasteiger partial charge in [0, 0.05) is 18.7 Å². The Balaban J connectivity index is 0.00000341. The number of guanidine groups is 1. The molecule has 31 heavy (non-hydrogen) atoms. The molecule has 0 spiro atoms. The topological polar surface area (TPSA) is 80.9 Å². The van der Waals surface area contributed by atoms with Crippen molar-refractivity contribution in [1.29, 1.82) is 0 Å². The van der Waals surface area contributed by atoms with Gasteiger partial charge in [-0.15, -0.1) is 24.0 Å². The van der Waals surface area contributed by atoms with Gasteiger partial charge in [-0.05, 0) is 49.7 Å². The van der Waals surface area contributed by atoms with Crippen LogP contribution in [-0.2, 0) is 6.54 Å². The fraction of sp³-hybridized carbons (Fsp3) is 0.304. The molecule has 2 aromatic carbocycles. The molecule has 0 unspecified atom stereocenters. The van der Waals surface area contributed by atoms with Crippen molar-refractivity contribution in [1.82, 2.24) is 15.6 Å². The Labute approximate surface area is 200 Å². The molecule has 3 rings (SSSR count). The molecule has 0 saturated carbocycles. The number of benzene rings is 2. The summed E-state index contributed by atoms with van der Waals surface area (Å²) in [6.07, 6.45) is 2.50. The van der Waals surface area contributed by atoms with Crippen LogP contribution in [0.25, 0.3) is 11.5 Å². The summed E-state index contributed by atoms with van der Waals surface area (Å²) in [4.78, 5) is 9.09. The lowest BCUT2D eigenvalue weighted by molar-refractivity contribution is 0.310. The number of nitrogens with zero attached hydrogens (tertiary/aromatic N) is 2. The molecular weight excluding hydrogens is 507 g/mol. The van der Waals surface area contributed by atoms with Crippen molar-refractivity contribution < 1.29 is 13.9 Å². The predicted octanol–water partition coefficient (Wildman–Crippen LogP) is 4.49. The second-order valence-corrected chi connectivity index (χ2v) is 6.51. The summed E-state index contributed by atoms with van der Waals surface area (Å²) < 4.78 is 16.5. The number of hydrogen-bond acceptors (Lipinski definition) is 5. The summed E-state index contributed by atoms with van der Waals surface area (Å²) in [5.74, 6) is 3.00. The van der Waals surface area contributed by atoms with Crippen LogP contribution < -0.4 is 20.1 Å². The average molecular weight is 536 g/mol. The largest absolute Gasteiger partial charge is 0.497 e. The van der Waals surface area contributed by atoms with Crippen LogP contribution in [0.15, 0.2) is 70.3 Å². The Hall–Kier alpha value is -2.75. The second kappa shape index (κ2) is 13.5. The number of aromatic nitrogens is 1. The highest BCUT2D eigenvalue weighted by Crippen LogP contribution is 2.18. The molecule has 0 atom stereocenters. The first-order chi connectivity index (χ1) is 14.8. The molecule has 1 aromatic heterocycles. The van der Waals surface area contributed by atoms with Crippen LogP contribution in [0.2, 0.25) is 0 Å². The van der Waals surface area contributed by atoms with Crippen LogP contribution in [-0.4, -0.2) is 37.7 Å². The zero-order valence-corrected chi connectivity index (χ0v) is 20.2. The number of ether oxygens (including phenoxy) is 2. The molecule has 0 aliphatic carbocycles. The average Bonchev–Trinajstić information content (AvgIpc) is 3.27. The van der Waals surface area contributed by atoms with Gasteiger partial charge < -0.3 is 24.5 Å². The van der Waals surface area contributed by atoms with E-state index in [0.29, 0.717) is 19.0 Å². The van der Waals surface area contributed by atoms with Crippen molar-refractivity contribution in [3.63, 3.8) is 0 Å². The van der Waals surface area contributed by atoms with E-state index in [1.165, 1.54) is 0 Å². The molecule has 0 aliphatic heterocycles. The van der Waals surface area contributed by atoms with Crippen LogP contribution in [0.5, 0.6) is 11.5 Å². The fourth-order valence-electron chi connectivity index (χ4n) is 2.74. The van der Waals surface area contributed by atoms with E-state index in [9.17, 15) is 0 Å². The van der Waals surface area contributed by atoms with E-state index in [2.05, 4.69) is 20.6 Å². The van der Waals surface area contributed by atoms with Gasteiger partial charge in [-0.3, -0.25) is 0 Å². The van der Waals surface area contributed by atoms with Crippen molar-refractivity contribution in [2.24, 2.45) is 4.99 Å². The van der Waals surface area contributed by atoms with E-state index in [1.807, 2.05) is 61.5 Å². The molecular formula is C23H29IN4O3. The monoisotopic (exact) mass is 536 g/mol. The van der Waals surface area contributed by atoms with Crippen LogP contribution in [0.1, 0.15) is 19.0 Å². The summed E-state index contributed by atoms with van der Waals surface area (Å²) in [5, 5.41) is 6.55. The molecule has 0 fully saturated rings. The van der Waals surface area contributed by atoms with Gasteiger partial charge in [-0.25, -0.2) is 9.98 Å². The number of aliphatic imine (C=N–C) groups is 1. The summed E-state index contributed by atoms with van der Waals surface area (Å²) in [7, 11) is 1.65. The minimum absolute atomic E-state index is 0. The standard InChI is InChI=1S/C23H28N4O3.HI/c1-3-24-23(25-14-7-15-29-21-12-10-20(28-2)11-13-21)26-16-19-17-30-22(27-19)18-8-5-4-6-9-18;/h4-6,8-13,17H,3,7,14-16H2,1-2H3,(H2,24,25,26);1H. The Morgan fingerprint density at radius 2 is 1.77 bits per heavy atom. The Kier molecular flexibility index (Phi) is 10.7. The number of oxazole rings is 1. The lowest BCUT2D eigenvalue weighted by Gasteiger charge is -2.11. The summed E-state index contributed by atoms with van der Waals surface area (Å²) >= 11 is 0. The predicted molar refractivity (Wildman–Crippen MR) is 133 cm³/mol. The van der Waals surface area contributed by atoms with Crippen LogP contribution in [0.4, 0.5) is 0 Å². The number of nitrogens with one attached hydrogen (secondary N) is 2. The van der Waals surface area contributed by atoms with Crippen LogP contribution in [0.3, 0.4) is 0 Å². The Morgan fingerprint density at radius 1 is 1.03 bits per heavy atom. The molecule has 0 amide bonds. The highest BCUT2D eigenvalue weighted by atomic mass is 127. The zero-order valence-electron chi connectivity index (χ0n) is 17.8. The maximum atomic E-state index is 5.74. The van der Waals surface area contributed by atoms with Gasteiger partial charge >= 0.3 is 0 Å². The van der Waals surface area contributed by atoms with Crippen LogP contribution in [0, 0.1) is 0 Å². The summed E-state index contributed by atoms with van der Waals surface area (Å²) in [6, 6.07) is 17.4. The molecule has 2 N–H and O–H groups in total. The van der Waals surface area contributed by atoms with Gasteiger partial charge in [0.15, 0.2) is 5.96 Å². The first kappa shape index (κ1) is 24.5. The molecule has 0 saturated heterocycles. The smallest absolute Gasteiger partial charge is 0.226 e. The van der Waals surface area contributed by atoms with E-state index < -0.39 is 0 Å². The third-order valence-corrected chi connectivity index (χ3v) is 4.26. The van der Waals surface area contributed by atoms with E-state index in [1.54, 1.807) is 13.4 Å². The van der Waals surface area contributed by atoms with Crippen molar-refractivity contribution in [3.05, 3.63) is 66.6 Å². The quantitative estimate of drug-likeness (QED) is 0.172. The van der Waals surface area contributed by atoms with E-state index in [4.69, 9.17) is 13.9 Å². The van der Waals surface area contributed by atoms with E-state index in [-0.39, 0.29) is 24.0 Å². The number of halogens is 1. The van der Waals surface area contributed by atoms with Crippen molar-refractivity contribution in [3.8, 4) is 23.0 Å². The van der Waals surface area contributed by atoms with Gasteiger partial charge in [-0.2, -0.15) is 0 Å². The highest BCUT2D eigenvalue weighted by Gasteiger charge is 2.06. The summed E-state index contributed by atoms with van der Waals surface area (Å²) in [6.45, 7) is 4.61. The second-order valence-electron chi connectivity index (χ2n) is 6.51. The molecule has 0 aliphatic rings. The molecule has 8 heteroatoms. The Bertz CT molecular complexity index is 914. The number of rotatable bonds is 10. The van der Waals surface area contributed by atoms with Crippen molar-refractivity contribution >= 4 is 29.9 Å².